The number of rotatable bonds is 8. The maximum absolute atomic E-state index is 12.7. The number of carbonyl (C=O) groups excluding carboxylic acids is 3. The Labute approximate surface area is 165 Å². The molecule has 0 bridgehead atoms. The number of ether oxygens (including phenoxy) is 2. The van der Waals surface area contributed by atoms with Crippen LogP contribution in [0.15, 0.2) is 29.2 Å². The molecule has 150 valence electrons. The lowest BCUT2D eigenvalue weighted by atomic mass is 10.1. The van der Waals surface area contributed by atoms with E-state index in [0.29, 0.717) is 22.0 Å². The second-order valence-corrected chi connectivity index (χ2v) is 7.68. The number of aromatic amines is 1. The topological polar surface area (TPSA) is 103 Å². The van der Waals surface area contributed by atoms with E-state index in [4.69, 9.17) is 9.47 Å². The van der Waals surface area contributed by atoms with E-state index >= 15 is 0 Å². The van der Waals surface area contributed by atoms with Gasteiger partial charge in [0.05, 0.1) is 39.0 Å². The summed E-state index contributed by atoms with van der Waals surface area (Å²) in [5.74, 6) is -1.52. The summed E-state index contributed by atoms with van der Waals surface area (Å²) in [5.41, 5.74) is 1.45. The number of H-pyrrole nitrogens is 1. The zero-order valence-corrected chi connectivity index (χ0v) is 17.1. The van der Waals surface area contributed by atoms with E-state index in [-0.39, 0.29) is 23.3 Å². The summed E-state index contributed by atoms with van der Waals surface area (Å²) in [4.78, 5) is 40.6. The normalized spacial score (nSPS) is 11.7. The smallest absolute Gasteiger partial charge is 0.340 e. The summed E-state index contributed by atoms with van der Waals surface area (Å²) >= 11 is 0. The van der Waals surface area contributed by atoms with Gasteiger partial charge in [-0.2, -0.15) is 0 Å². The molecule has 0 aliphatic carbocycles. The zero-order chi connectivity index (χ0) is 20.8. The quantitative estimate of drug-likeness (QED) is 0.535. The predicted octanol–water partition coefficient (Wildman–Crippen LogP) is 2.98. The molecular formula is C20H23NO6S. The van der Waals surface area contributed by atoms with Crippen molar-refractivity contribution in [2.75, 3.05) is 19.0 Å². The van der Waals surface area contributed by atoms with E-state index in [9.17, 15) is 18.6 Å². The van der Waals surface area contributed by atoms with E-state index in [2.05, 4.69) is 4.98 Å². The van der Waals surface area contributed by atoms with Crippen molar-refractivity contribution in [3.05, 3.63) is 52.3 Å². The number of ketones is 1. The van der Waals surface area contributed by atoms with Gasteiger partial charge in [0.15, 0.2) is 6.61 Å². The standard InChI is InChI=1S/C20H23NO6S/c1-5-26-20(24)18-13(4)21-12(3)17(18)15(22)11-27-19(23)14-9-7-8-10-16(14)28(25)6-2/h7-10,21H,5-6,11H2,1-4H3/t28-/m1/s1. The van der Waals surface area contributed by atoms with Crippen LogP contribution in [0.1, 0.15) is 56.3 Å². The number of nitrogens with one attached hydrogen (secondary N) is 1. The van der Waals surface area contributed by atoms with E-state index in [1.165, 1.54) is 6.07 Å². The number of hydrogen-bond donors (Lipinski definition) is 1. The van der Waals surface area contributed by atoms with Crippen molar-refractivity contribution in [1.82, 2.24) is 4.98 Å². The molecule has 0 spiro atoms. The van der Waals surface area contributed by atoms with Crippen molar-refractivity contribution in [2.24, 2.45) is 0 Å². The van der Waals surface area contributed by atoms with E-state index < -0.39 is 35.1 Å². The fourth-order valence-corrected chi connectivity index (χ4v) is 3.80. The van der Waals surface area contributed by atoms with Crippen LogP contribution >= 0.6 is 0 Å². The van der Waals surface area contributed by atoms with Crippen LogP contribution in [0.25, 0.3) is 0 Å². The fraction of sp³-hybridized carbons (Fsp3) is 0.350. The number of Topliss-reactive ketones (excluding diaryl/α,β-unsaturated/α-hetero) is 1. The third-order valence-electron chi connectivity index (χ3n) is 4.08. The average Bonchev–Trinajstić information content (AvgIpc) is 2.99. The molecule has 0 amide bonds. The molecule has 1 heterocycles. The summed E-state index contributed by atoms with van der Waals surface area (Å²) in [5, 5.41) is 0. The van der Waals surface area contributed by atoms with Gasteiger partial charge in [0.1, 0.15) is 0 Å². The average molecular weight is 405 g/mol. The van der Waals surface area contributed by atoms with Crippen molar-refractivity contribution in [2.45, 2.75) is 32.6 Å². The van der Waals surface area contributed by atoms with Crippen LogP contribution < -0.4 is 0 Å². The highest BCUT2D eigenvalue weighted by molar-refractivity contribution is 7.85. The molecule has 0 saturated heterocycles. The molecule has 1 N–H and O–H groups in total. The molecular weight excluding hydrogens is 382 g/mol. The summed E-state index contributed by atoms with van der Waals surface area (Å²) in [6, 6.07) is 6.41. The Balaban J connectivity index is 2.21. The third kappa shape index (κ3) is 4.56. The molecule has 0 aliphatic rings. The Kier molecular flexibility index (Phi) is 7.28. The Morgan fingerprint density at radius 3 is 2.25 bits per heavy atom. The van der Waals surface area contributed by atoms with Gasteiger partial charge >= 0.3 is 11.9 Å². The molecule has 28 heavy (non-hydrogen) atoms. The van der Waals surface area contributed by atoms with Crippen LogP contribution in [0.2, 0.25) is 0 Å². The van der Waals surface area contributed by atoms with E-state index in [1.807, 2.05) is 0 Å². The molecule has 2 aromatic rings. The van der Waals surface area contributed by atoms with Crippen molar-refractivity contribution in [1.29, 1.82) is 0 Å². The minimum absolute atomic E-state index is 0.146. The molecule has 0 unspecified atom stereocenters. The molecule has 2 rings (SSSR count). The van der Waals surface area contributed by atoms with Crippen molar-refractivity contribution >= 4 is 28.5 Å². The summed E-state index contributed by atoms with van der Waals surface area (Å²) in [7, 11) is -1.34. The predicted molar refractivity (Wildman–Crippen MR) is 104 cm³/mol. The Morgan fingerprint density at radius 2 is 1.61 bits per heavy atom. The lowest BCUT2D eigenvalue weighted by Crippen LogP contribution is -2.19. The minimum Gasteiger partial charge on any atom is -0.462 e. The number of benzene rings is 1. The monoisotopic (exact) mass is 405 g/mol. The molecule has 0 aliphatic heterocycles. The highest BCUT2D eigenvalue weighted by Gasteiger charge is 2.26. The molecule has 1 aromatic heterocycles. The molecule has 0 saturated carbocycles. The first-order valence-electron chi connectivity index (χ1n) is 8.85. The van der Waals surface area contributed by atoms with Gasteiger partial charge < -0.3 is 14.5 Å². The van der Waals surface area contributed by atoms with Gasteiger partial charge in [0.2, 0.25) is 5.78 Å². The van der Waals surface area contributed by atoms with Crippen LogP contribution in [0, 0.1) is 13.8 Å². The van der Waals surface area contributed by atoms with Gasteiger partial charge in [-0.25, -0.2) is 9.59 Å². The number of esters is 2. The van der Waals surface area contributed by atoms with Gasteiger partial charge in [-0.3, -0.25) is 9.00 Å². The summed E-state index contributed by atoms with van der Waals surface area (Å²) < 4.78 is 22.3. The molecule has 0 radical (unpaired) electrons. The maximum Gasteiger partial charge on any atom is 0.340 e. The highest BCUT2D eigenvalue weighted by atomic mass is 32.2. The first-order chi connectivity index (χ1) is 13.3. The van der Waals surface area contributed by atoms with Crippen molar-refractivity contribution in [3.63, 3.8) is 0 Å². The first-order valence-corrected chi connectivity index (χ1v) is 10.2. The van der Waals surface area contributed by atoms with Gasteiger partial charge in [-0.1, -0.05) is 19.1 Å². The summed E-state index contributed by atoms with van der Waals surface area (Å²) in [6.07, 6.45) is 0. The highest BCUT2D eigenvalue weighted by Crippen LogP contribution is 2.21. The van der Waals surface area contributed by atoms with Crippen LogP contribution in [0.3, 0.4) is 0 Å². The van der Waals surface area contributed by atoms with Crippen LogP contribution in [0.5, 0.6) is 0 Å². The number of aryl methyl sites for hydroxylation is 2. The fourth-order valence-electron chi connectivity index (χ4n) is 2.86. The number of aromatic nitrogens is 1. The van der Waals surface area contributed by atoms with Crippen molar-refractivity contribution in [3.8, 4) is 0 Å². The van der Waals surface area contributed by atoms with Gasteiger partial charge in [0, 0.05) is 17.1 Å². The molecule has 0 fully saturated rings. The van der Waals surface area contributed by atoms with Crippen molar-refractivity contribution < 1.29 is 28.1 Å². The van der Waals surface area contributed by atoms with Gasteiger partial charge in [0.25, 0.3) is 0 Å². The lowest BCUT2D eigenvalue weighted by molar-refractivity contribution is 0.0468. The maximum atomic E-state index is 12.7. The Bertz CT molecular complexity index is 931. The van der Waals surface area contributed by atoms with E-state index in [0.717, 1.165) is 0 Å². The van der Waals surface area contributed by atoms with Gasteiger partial charge in [-0.15, -0.1) is 0 Å². The SMILES string of the molecule is CCOC(=O)c1c(C)[nH]c(C)c1C(=O)COC(=O)c1ccccc1[S@](=O)CC. The largest absolute Gasteiger partial charge is 0.462 e. The van der Waals surface area contributed by atoms with Crippen LogP contribution in [-0.4, -0.2) is 45.9 Å². The second-order valence-electron chi connectivity index (χ2n) is 5.98. The third-order valence-corrected chi connectivity index (χ3v) is 5.45. The Morgan fingerprint density at radius 1 is 0.964 bits per heavy atom. The van der Waals surface area contributed by atoms with Gasteiger partial charge in [-0.05, 0) is 32.9 Å². The zero-order valence-electron chi connectivity index (χ0n) is 16.3. The number of hydrogen-bond acceptors (Lipinski definition) is 6. The number of carbonyl (C=O) groups is 3. The van der Waals surface area contributed by atoms with Crippen LogP contribution in [0.4, 0.5) is 0 Å². The summed E-state index contributed by atoms with van der Waals surface area (Å²) in [6.45, 7) is 6.37. The molecule has 7 nitrogen and oxygen atoms in total. The minimum atomic E-state index is -1.34. The lowest BCUT2D eigenvalue weighted by Gasteiger charge is -2.09. The molecule has 8 heteroatoms. The first kappa shape index (κ1) is 21.6. The molecule has 1 atom stereocenters. The molecule has 1 aromatic carbocycles. The Hall–Kier alpha value is -2.74. The van der Waals surface area contributed by atoms with Crippen LogP contribution in [-0.2, 0) is 20.3 Å². The van der Waals surface area contributed by atoms with E-state index in [1.54, 1.807) is 45.9 Å². The second kappa shape index (κ2) is 9.45.